The van der Waals surface area contributed by atoms with E-state index < -0.39 is 42.9 Å². The molecule has 1 aliphatic carbocycles. The van der Waals surface area contributed by atoms with Gasteiger partial charge in [-0.1, -0.05) is 25.0 Å². The van der Waals surface area contributed by atoms with Crippen LogP contribution in [0.25, 0.3) is 0 Å². The summed E-state index contributed by atoms with van der Waals surface area (Å²) in [5.41, 5.74) is 5.55. The molecule has 2 fully saturated rings. The van der Waals surface area contributed by atoms with E-state index in [1.807, 2.05) is 24.3 Å². The minimum absolute atomic E-state index is 0.295. The molecule has 1 saturated carbocycles. The first kappa shape index (κ1) is 26.0. The van der Waals surface area contributed by atoms with E-state index in [0.29, 0.717) is 5.92 Å². The first-order chi connectivity index (χ1) is 14.6. The predicted octanol–water partition coefficient (Wildman–Crippen LogP) is -0.620. The number of nitrogens with zero attached hydrogens (tertiary/aromatic N) is 1. The zero-order chi connectivity index (χ0) is 23.2. The third-order valence-corrected chi connectivity index (χ3v) is 6.14. The first-order valence-electron chi connectivity index (χ1n) is 10.7. The van der Waals surface area contributed by atoms with E-state index in [2.05, 4.69) is 19.0 Å². The average Bonchev–Trinajstić information content (AvgIpc) is 2.76. The van der Waals surface area contributed by atoms with E-state index in [0.717, 1.165) is 37.1 Å². The summed E-state index contributed by atoms with van der Waals surface area (Å²) in [6, 6.07) is 6.86. The largest absolute Gasteiger partial charge is 0.497 e. The maximum atomic E-state index is 11.2. The average molecular weight is 443 g/mol. The summed E-state index contributed by atoms with van der Waals surface area (Å²) in [5.74, 6) is 1.11. The van der Waals surface area contributed by atoms with Gasteiger partial charge in [0.15, 0.2) is 6.29 Å². The maximum Gasteiger partial charge on any atom is 0.173 e. The molecule has 3 rings (SSSR count). The number of benzene rings is 1. The van der Waals surface area contributed by atoms with E-state index >= 15 is 0 Å². The van der Waals surface area contributed by atoms with Crippen LogP contribution in [0.4, 0.5) is 0 Å². The van der Waals surface area contributed by atoms with Gasteiger partial charge in [0.1, 0.15) is 24.1 Å². The molecule has 0 aromatic heterocycles. The van der Waals surface area contributed by atoms with E-state index in [9.17, 15) is 15.3 Å². The first-order valence-corrected chi connectivity index (χ1v) is 10.7. The predicted molar refractivity (Wildman–Crippen MR) is 115 cm³/mol. The van der Waals surface area contributed by atoms with Gasteiger partial charge in [-0.15, -0.1) is 0 Å². The zero-order valence-corrected chi connectivity index (χ0v) is 18.6. The van der Waals surface area contributed by atoms with Crippen molar-refractivity contribution >= 4 is 0 Å². The van der Waals surface area contributed by atoms with E-state index in [1.165, 1.54) is 6.42 Å². The van der Waals surface area contributed by atoms with Crippen LogP contribution in [0.3, 0.4) is 0 Å². The van der Waals surface area contributed by atoms with Crippen molar-refractivity contribution in [2.75, 3.05) is 34.4 Å². The van der Waals surface area contributed by atoms with E-state index in [-0.39, 0.29) is 0 Å². The Morgan fingerprint density at radius 3 is 2.52 bits per heavy atom. The molecule has 0 radical (unpaired) electrons. The monoisotopic (exact) mass is 442 g/mol. The van der Waals surface area contributed by atoms with Crippen LogP contribution < -0.4 is 10.5 Å². The molecule has 7 N–H and O–H groups in total. The van der Waals surface area contributed by atoms with Crippen molar-refractivity contribution < 1.29 is 35.0 Å². The number of nitrogens with two attached hydrogens (primary N) is 1. The van der Waals surface area contributed by atoms with Gasteiger partial charge in [0.25, 0.3) is 0 Å². The molecule has 1 heterocycles. The van der Waals surface area contributed by atoms with Gasteiger partial charge in [0.2, 0.25) is 0 Å². The Hall–Kier alpha value is -1.30. The lowest BCUT2D eigenvalue weighted by Gasteiger charge is -2.41. The van der Waals surface area contributed by atoms with Crippen LogP contribution in [-0.2, 0) is 10.3 Å². The fourth-order valence-electron chi connectivity index (χ4n) is 4.30. The second-order valence-electron chi connectivity index (χ2n) is 8.67. The summed E-state index contributed by atoms with van der Waals surface area (Å²) in [7, 11) is 5.81. The second kappa shape index (κ2) is 11.5. The molecule has 1 saturated heterocycles. The second-order valence-corrected chi connectivity index (χ2v) is 8.67. The van der Waals surface area contributed by atoms with Crippen molar-refractivity contribution in [3.8, 4) is 5.75 Å². The van der Waals surface area contributed by atoms with Gasteiger partial charge in [-0.05, 0) is 44.6 Å². The van der Waals surface area contributed by atoms with Crippen LogP contribution >= 0.6 is 0 Å². The Morgan fingerprint density at radius 1 is 1.19 bits per heavy atom. The standard InChI is InChI=1S/C16H25NO2.C6H13NO5/c1-17(2)12-14-7-4-5-10-16(14,18)13-8-6-9-15(11-13)19-3;7-3-5(10)4(9)2(1-8)12-6(3)11/h6,8-9,11,14,18H,4-5,7,10,12H2,1-3H3;2-6,8-11H,1,7H2/t;2-,3-,4-,5-,6?/m.1/s1. The van der Waals surface area contributed by atoms with Crippen molar-refractivity contribution in [1.82, 2.24) is 4.90 Å². The highest BCUT2D eigenvalue weighted by Crippen LogP contribution is 2.42. The van der Waals surface area contributed by atoms with E-state index in [1.54, 1.807) is 7.11 Å². The van der Waals surface area contributed by atoms with Crippen LogP contribution in [0, 0.1) is 5.92 Å². The van der Waals surface area contributed by atoms with Gasteiger partial charge in [-0.25, -0.2) is 0 Å². The molecule has 2 aliphatic rings. The quantitative estimate of drug-likeness (QED) is 0.351. The third-order valence-electron chi connectivity index (χ3n) is 6.14. The summed E-state index contributed by atoms with van der Waals surface area (Å²) in [4.78, 5) is 2.17. The summed E-state index contributed by atoms with van der Waals surface area (Å²) < 4.78 is 9.99. The number of aliphatic hydroxyl groups is 5. The molecule has 1 aromatic rings. The molecule has 9 nitrogen and oxygen atoms in total. The summed E-state index contributed by atoms with van der Waals surface area (Å²) in [6.07, 6.45) is -0.609. The molecule has 31 heavy (non-hydrogen) atoms. The summed E-state index contributed by atoms with van der Waals surface area (Å²) in [5, 5.41) is 47.3. The Balaban J connectivity index is 0.000000245. The van der Waals surface area contributed by atoms with Crippen LogP contribution in [0.1, 0.15) is 31.2 Å². The van der Waals surface area contributed by atoms with E-state index in [4.69, 9.17) is 25.4 Å². The Morgan fingerprint density at radius 2 is 1.90 bits per heavy atom. The smallest absolute Gasteiger partial charge is 0.173 e. The molecular formula is C22H38N2O7. The van der Waals surface area contributed by atoms with Gasteiger partial charge in [-0.2, -0.15) is 0 Å². The lowest BCUT2D eigenvalue weighted by Crippen LogP contribution is -2.61. The fraction of sp³-hybridized carbons (Fsp3) is 0.727. The number of hydrogen-bond donors (Lipinski definition) is 6. The minimum atomic E-state index is -1.35. The molecule has 1 aliphatic heterocycles. The van der Waals surface area contributed by atoms with Crippen molar-refractivity contribution in [2.45, 2.75) is 61.9 Å². The van der Waals surface area contributed by atoms with Crippen LogP contribution in [0.15, 0.2) is 24.3 Å². The number of hydrogen-bond acceptors (Lipinski definition) is 9. The highest BCUT2D eigenvalue weighted by atomic mass is 16.6. The van der Waals surface area contributed by atoms with Crippen molar-refractivity contribution in [3.63, 3.8) is 0 Å². The summed E-state index contributed by atoms with van der Waals surface area (Å²) in [6.45, 7) is 0.454. The highest BCUT2D eigenvalue weighted by Gasteiger charge is 2.42. The van der Waals surface area contributed by atoms with Crippen molar-refractivity contribution in [3.05, 3.63) is 29.8 Å². The van der Waals surface area contributed by atoms with Gasteiger partial charge in [0.05, 0.1) is 25.4 Å². The van der Waals surface area contributed by atoms with Gasteiger partial charge in [-0.3, -0.25) is 0 Å². The third kappa shape index (κ3) is 6.36. The maximum absolute atomic E-state index is 11.2. The molecule has 3 unspecified atom stereocenters. The summed E-state index contributed by atoms with van der Waals surface area (Å²) >= 11 is 0. The molecule has 1 aromatic carbocycles. The van der Waals surface area contributed by atoms with Crippen molar-refractivity contribution in [2.24, 2.45) is 11.7 Å². The molecule has 0 spiro atoms. The number of aliphatic hydroxyl groups excluding tert-OH is 4. The van der Waals surface area contributed by atoms with Crippen LogP contribution in [0.5, 0.6) is 5.75 Å². The SMILES string of the molecule is COc1cccc(C2(O)CCCCC2CN(C)C)c1.N[C@H]1C(O)O[C@H](CO)[C@@H](O)[C@@H]1O. The number of methoxy groups -OCH3 is 1. The topological polar surface area (TPSA) is 149 Å². The molecule has 178 valence electrons. The molecular weight excluding hydrogens is 404 g/mol. The lowest BCUT2D eigenvalue weighted by molar-refractivity contribution is -0.248. The van der Waals surface area contributed by atoms with Gasteiger partial charge < -0.3 is 45.6 Å². The van der Waals surface area contributed by atoms with Crippen LogP contribution in [-0.4, -0.2) is 95.4 Å². The Kier molecular flexibility index (Phi) is 9.66. The minimum Gasteiger partial charge on any atom is -0.497 e. The number of rotatable bonds is 5. The highest BCUT2D eigenvalue weighted by molar-refractivity contribution is 5.33. The molecule has 9 heteroatoms. The Bertz CT molecular complexity index is 672. The normalized spacial score (nSPS) is 35.9. The van der Waals surface area contributed by atoms with Gasteiger partial charge in [0, 0.05) is 12.5 Å². The fourth-order valence-corrected chi connectivity index (χ4v) is 4.30. The van der Waals surface area contributed by atoms with Gasteiger partial charge >= 0.3 is 0 Å². The number of ether oxygens (including phenoxy) is 2. The molecule has 0 amide bonds. The Labute approximate surface area is 184 Å². The molecule has 7 atom stereocenters. The molecule has 0 bridgehead atoms. The lowest BCUT2D eigenvalue weighted by atomic mass is 9.71. The zero-order valence-electron chi connectivity index (χ0n) is 18.6. The van der Waals surface area contributed by atoms with Crippen molar-refractivity contribution in [1.29, 1.82) is 0 Å². The van der Waals surface area contributed by atoms with Crippen LogP contribution in [0.2, 0.25) is 0 Å².